The van der Waals surface area contributed by atoms with Gasteiger partial charge in [0.1, 0.15) is 5.82 Å². The van der Waals surface area contributed by atoms with E-state index in [1.54, 1.807) is 6.07 Å². The van der Waals surface area contributed by atoms with Crippen LogP contribution < -0.4 is 10.2 Å². The molecule has 106 valence electrons. The third-order valence-corrected chi connectivity index (χ3v) is 3.44. The van der Waals surface area contributed by atoms with Gasteiger partial charge < -0.3 is 10.2 Å². The van der Waals surface area contributed by atoms with Crippen molar-refractivity contribution >= 4 is 17.3 Å². The summed E-state index contributed by atoms with van der Waals surface area (Å²) in [4.78, 5) is 2.04. The van der Waals surface area contributed by atoms with E-state index >= 15 is 0 Å². The Kier molecular flexibility index (Phi) is 4.99. The van der Waals surface area contributed by atoms with Gasteiger partial charge in [0.15, 0.2) is 0 Å². The SMILES string of the molecule is CNCc1c(F)cccc1N(C)Cc1ccc(Cl)cc1. The lowest BCUT2D eigenvalue weighted by atomic mass is 10.1. The smallest absolute Gasteiger partial charge is 0.129 e. The molecule has 0 aliphatic carbocycles. The van der Waals surface area contributed by atoms with Crippen LogP contribution in [0.1, 0.15) is 11.1 Å². The second kappa shape index (κ2) is 6.73. The Morgan fingerprint density at radius 3 is 2.50 bits per heavy atom. The summed E-state index contributed by atoms with van der Waals surface area (Å²) in [5.74, 6) is -0.181. The van der Waals surface area contributed by atoms with E-state index in [0.717, 1.165) is 16.3 Å². The number of benzene rings is 2. The molecule has 0 aromatic heterocycles. The molecule has 0 spiro atoms. The van der Waals surface area contributed by atoms with Gasteiger partial charge in [-0.2, -0.15) is 0 Å². The second-order valence-electron chi connectivity index (χ2n) is 4.75. The normalized spacial score (nSPS) is 10.6. The fraction of sp³-hybridized carbons (Fsp3) is 0.250. The maximum absolute atomic E-state index is 13.9. The molecule has 2 aromatic carbocycles. The van der Waals surface area contributed by atoms with Crippen molar-refractivity contribution in [3.8, 4) is 0 Å². The Morgan fingerprint density at radius 1 is 1.15 bits per heavy atom. The number of halogens is 2. The first-order valence-corrected chi connectivity index (χ1v) is 6.87. The van der Waals surface area contributed by atoms with Crippen molar-refractivity contribution in [2.45, 2.75) is 13.1 Å². The standard InChI is InChI=1S/C16H18ClFN2/c1-19-10-14-15(18)4-3-5-16(14)20(2)11-12-6-8-13(17)9-7-12/h3-9,19H,10-11H2,1-2H3. The molecule has 0 radical (unpaired) electrons. The molecule has 0 saturated carbocycles. The Hall–Kier alpha value is -1.58. The lowest BCUT2D eigenvalue weighted by Crippen LogP contribution is -2.20. The van der Waals surface area contributed by atoms with Gasteiger partial charge in [0.2, 0.25) is 0 Å². The minimum Gasteiger partial charge on any atom is -0.370 e. The average molecular weight is 293 g/mol. The molecule has 2 aromatic rings. The first-order valence-electron chi connectivity index (χ1n) is 6.49. The summed E-state index contributed by atoms with van der Waals surface area (Å²) in [5.41, 5.74) is 2.72. The number of hydrogen-bond acceptors (Lipinski definition) is 2. The molecule has 0 unspecified atom stereocenters. The van der Waals surface area contributed by atoms with Crippen LogP contribution in [0.25, 0.3) is 0 Å². The molecule has 0 fully saturated rings. The van der Waals surface area contributed by atoms with E-state index in [1.807, 2.05) is 49.3 Å². The summed E-state index contributed by atoms with van der Waals surface area (Å²) in [6, 6.07) is 12.9. The number of nitrogens with zero attached hydrogens (tertiary/aromatic N) is 1. The molecule has 0 atom stereocenters. The van der Waals surface area contributed by atoms with Crippen LogP contribution >= 0.6 is 11.6 Å². The van der Waals surface area contributed by atoms with E-state index in [0.29, 0.717) is 18.7 Å². The predicted molar refractivity (Wildman–Crippen MR) is 82.7 cm³/mol. The summed E-state index contributed by atoms with van der Waals surface area (Å²) in [5, 5.41) is 3.73. The number of nitrogens with one attached hydrogen (secondary N) is 1. The maximum atomic E-state index is 13.9. The van der Waals surface area contributed by atoms with Crippen molar-refractivity contribution in [2.75, 3.05) is 19.0 Å². The highest BCUT2D eigenvalue weighted by Gasteiger charge is 2.11. The van der Waals surface area contributed by atoms with Gasteiger partial charge >= 0.3 is 0 Å². The van der Waals surface area contributed by atoms with Crippen LogP contribution in [0.3, 0.4) is 0 Å². The van der Waals surface area contributed by atoms with Crippen molar-refractivity contribution in [3.05, 3.63) is 64.4 Å². The van der Waals surface area contributed by atoms with E-state index in [-0.39, 0.29) is 5.82 Å². The van der Waals surface area contributed by atoms with Crippen LogP contribution in [-0.4, -0.2) is 14.1 Å². The highest BCUT2D eigenvalue weighted by atomic mass is 35.5. The van der Waals surface area contributed by atoms with Gasteiger partial charge in [-0.05, 0) is 36.9 Å². The lowest BCUT2D eigenvalue weighted by molar-refractivity contribution is 0.599. The molecule has 0 aliphatic rings. The molecule has 1 N–H and O–H groups in total. The van der Waals surface area contributed by atoms with Gasteiger partial charge in [-0.1, -0.05) is 29.8 Å². The fourth-order valence-corrected chi connectivity index (χ4v) is 2.33. The first-order chi connectivity index (χ1) is 9.61. The Morgan fingerprint density at radius 2 is 1.85 bits per heavy atom. The number of rotatable bonds is 5. The van der Waals surface area contributed by atoms with E-state index < -0.39 is 0 Å². The zero-order valence-corrected chi connectivity index (χ0v) is 12.4. The summed E-state index contributed by atoms with van der Waals surface area (Å²) in [6.07, 6.45) is 0. The van der Waals surface area contributed by atoms with Gasteiger partial charge in [0, 0.05) is 36.4 Å². The highest BCUT2D eigenvalue weighted by molar-refractivity contribution is 6.30. The van der Waals surface area contributed by atoms with Gasteiger partial charge in [-0.15, -0.1) is 0 Å². The molecule has 0 saturated heterocycles. The summed E-state index contributed by atoms with van der Waals surface area (Å²) >= 11 is 5.88. The van der Waals surface area contributed by atoms with Crippen LogP contribution in [0.15, 0.2) is 42.5 Å². The molecule has 4 heteroatoms. The predicted octanol–water partition coefficient (Wildman–Crippen LogP) is 3.83. The summed E-state index contributed by atoms with van der Waals surface area (Å²) in [7, 11) is 3.78. The molecule has 20 heavy (non-hydrogen) atoms. The number of anilines is 1. The van der Waals surface area contributed by atoms with Gasteiger partial charge in [-0.25, -0.2) is 4.39 Å². The van der Waals surface area contributed by atoms with E-state index in [4.69, 9.17) is 11.6 Å². The van der Waals surface area contributed by atoms with Crippen LogP contribution in [-0.2, 0) is 13.1 Å². The quantitative estimate of drug-likeness (QED) is 0.901. The number of hydrogen-bond donors (Lipinski definition) is 1. The zero-order chi connectivity index (χ0) is 14.5. The van der Waals surface area contributed by atoms with Crippen molar-refractivity contribution in [2.24, 2.45) is 0 Å². The molecule has 0 aliphatic heterocycles. The minimum absolute atomic E-state index is 0.181. The molecule has 0 bridgehead atoms. The van der Waals surface area contributed by atoms with E-state index in [1.165, 1.54) is 6.07 Å². The summed E-state index contributed by atoms with van der Waals surface area (Å²) < 4.78 is 13.9. The molecular formula is C16H18ClFN2. The third kappa shape index (κ3) is 3.50. The van der Waals surface area contributed by atoms with Crippen LogP contribution in [0.2, 0.25) is 5.02 Å². The van der Waals surface area contributed by atoms with Crippen molar-refractivity contribution in [3.63, 3.8) is 0 Å². The van der Waals surface area contributed by atoms with E-state index in [9.17, 15) is 4.39 Å². The largest absolute Gasteiger partial charge is 0.370 e. The second-order valence-corrected chi connectivity index (χ2v) is 5.19. The average Bonchev–Trinajstić information content (AvgIpc) is 2.43. The molecule has 0 amide bonds. The lowest BCUT2D eigenvalue weighted by Gasteiger charge is -2.23. The first kappa shape index (κ1) is 14.8. The van der Waals surface area contributed by atoms with Crippen LogP contribution in [0, 0.1) is 5.82 Å². The fourth-order valence-electron chi connectivity index (χ4n) is 2.21. The van der Waals surface area contributed by atoms with Gasteiger partial charge in [-0.3, -0.25) is 0 Å². The van der Waals surface area contributed by atoms with E-state index in [2.05, 4.69) is 5.32 Å². The van der Waals surface area contributed by atoms with Crippen molar-refractivity contribution in [1.82, 2.24) is 5.32 Å². The summed E-state index contributed by atoms with van der Waals surface area (Å²) in [6.45, 7) is 1.21. The molecule has 2 nitrogen and oxygen atoms in total. The topological polar surface area (TPSA) is 15.3 Å². The van der Waals surface area contributed by atoms with Crippen LogP contribution in [0.5, 0.6) is 0 Å². The van der Waals surface area contributed by atoms with Gasteiger partial charge in [0.05, 0.1) is 0 Å². The molecular weight excluding hydrogens is 275 g/mol. The van der Waals surface area contributed by atoms with Crippen LogP contribution in [0.4, 0.5) is 10.1 Å². The monoisotopic (exact) mass is 292 g/mol. The Bertz CT molecular complexity index is 569. The van der Waals surface area contributed by atoms with Gasteiger partial charge in [0.25, 0.3) is 0 Å². The highest BCUT2D eigenvalue weighted by Crippen LogP contribution is 2.24. The Balaban J connectivity index is 2.22. The zero-order valence-electron chi connectivity index (χ0n) is 11.7. The third-order valence-electron chi connectivity index (χ3n) is 3.19. The van der Waals surface area contributed by atoms with Crippen molar-refractivity contribution in [1.29, 1.82) is 0 Å². The maximum Gasteiger partial charge on any atom is 0.129 e. The molecule has 0 heterocycles. The Labute approximate surface area is 124 Å². The molecule has 2 rings (SSSR count). The minimum atomic E-state index is -0.181. The van der Waals surface area contributed by atoms with Crippen molar-refractivity contribution < 1.29 is 4.39 Å².